The number of benzene rings is 1. The van der Waals surface area contributed by atoms with Crippen molar-refractivity contribution in [3.05, 3.63) is 35.9 Å². The van der Waals surface area contributed by atoms with Gasteiger partial charge in [0.25, 0.3) is 0 Å². The number of hydrogen-bond donors (Lipinski definition) is 0. The molecule has 0 saturated heterocycles. The number of aryl methyl sites for hydroxylation is 1. The molecule has 0 N–H and O–H groups in total. The zero-order valence-electron chi connectivity index (χ0n) is 9.34. The van der Waals surface area contributed by atoms with Crippen LogP contribution in [0.2, 0.25) is 0 Å². The molecule has 1 aromatic carbocycles. The topological polar surface area (TPSA) is 80.3 Å². The van der Waals surface area contributed by atoms with Gasteiger partial charge in [0.15, 0.2) is 0 Å². The van der Waals surface area contributed by atoms with Crippen LogP contribution in [0.25, 0.3) is 0 Å². The van der Waals surface area contributed by atoms with E-state index in [1.807, 2.05) is 18.2 Å². The maximum atomic E-state index is 8.89. The second kappa shape index (κ2) is 13.8. The van der Waals surface area contributed by atoms with Crippen LogP contribution in [0.4, 0.5) is 0 Å². The summed E-state index contributed by atoms with van der Waals surface area (Å²) < 4.78 is 0. The normalized spacial score (nSPS) is 6.94. The van der Waals surface area contributed by atoms with Gasteiger partial charge in [0.1, 0.15) is 0 Å². The van der Waals surface area contributed by atoms with Crippen LogP contribution in [0.3, 0.4) is 0 Å². The summed E-state index contributed by atoms with van der Waals surface area (Å²) in [5.41, 5.74) is 1.32. The molecule has 0 aliphatic heterocycles. The van der Waals surface area contributed by atoms with E-state index in [2.05, 4.69) is 19.1 Å². The van der Waals surface area contributed by atoms with Gasteiger partial charge in [-0.15, -0.1) is 0 Å². The third kappa shape index (κ3) is 38.5. The van der Waals surface area contributed by atoms with Gasteiger partial charge in [0.2, 0.25) is 0 Å². The van der Waals surface area contributed by atoms with Crippen molar-refractivity contribution in [3.8, 4) is 0 Å². The molecule has 0 saturated carbocycles. The van der Waals surface area contributed by atoms with Crippen LogP contribution < -0.4 is 10.2 Å². The van der Waals surface area contributed by atoms with Crippen molar-refractivity contribution < 1.29 is 40.2 Å². The van der Waals surface area contributed by atoms with E-state index in [1.165, 1.54) is 5.56 Å². The number of aliphatic carboxylic acids is 2. The molecule has 0 aliphatic rings. The summed E-state index contributed by atoms with van der Waals surface area (Å²) in [5.74, 6) is -2.17. The smallest absolute Gasteiger partial charge is 0.550 e. The van der Waals surface area contributed by atoms with Crippen molar-refractivity contribution in [2.45, 2.75) is 20.8 Å². The quantitative estimate of drug-likeness (QED) is 0.605. The molecule has 16 heavy (non-hydrogen) atoms. The van der Waals surface area contributed by atoms with Gasteiger partial charge >= 0.3 is 20.4 Å². The van der Waals surface area contributed by atoms with Gasteiger partial charge in [-0.2, -0.15) is 0 Å². The number of hydrogen-bond acceptors (Lipinski definition) is 4. The number of rotatable bonds is 0. The van der Waals surface area contributed by atoms with E-state index in [4.69, 9.17) is 19.8 Å². The van der Waals surface area contributed by atoms with E-state index in [0.717, 1.165) is 13.8 Å². The number of carbonyl (C=O) groups excluding carboxylic acids is 2. The maximum Gasteiger partial charge on any atom is 2.00 e. The van der Waals surface area contributed by atoms with Gasteiger partial charge in [0, 0.05) is 11.9 Å². The predicted molar refractivity (Wildman–Crippen MR) is 52.5 cm³/mol. The van der Waals surface area contributed by atoms with Gasteiger partial charge in [-0.3, -0.25) is 0 Å². The summed E-state index contributed by atoms with van der Waals surface area (Å²) >= 11 is 0. The van der Waals surface area contributed by atoms with Crippen molar-refractivity contribution in [3.63, 3.8) is 0 Å². The molecule has 0 radical (unpaired) electrons. The summed E-state index contributed by atoms with van der Waals surface area (Å²) in [6, 6.07) is 10.3. The third-order valence-electron chi connectivity index (χ3n) is 0.940. The average Bonchev–Trinajstić information content (AvgIpc) is 2.03. The van der Waals surface area contributed by atoms with Crippen molar-refractivity contribution >= 4 is 11.9 Å². The fourth-order valence-electron chi connectivity index (χ4n) is 0.534. The molecule has 0 bridgehead atoms. The van der Waals surface area contributed by atoms with Crippen molar-refractivity contribution in [2.75, 3.05) is 0 Å². The number of carboxylic acids is 2. The monoisotopic (exact) mass is 316 g/mol. The first-order valence-electron chi connectivity index (χ1n) is 4.23. The third-order valence-corrected chi connectivity index (χ3v) is 0.940. The van der Waals surface area contributed by atoms with Gasteiger partial charge < -0.3 is 19.8 Å². The molecule has 0 aromatic heterocycles. The zero-order chi connectivity index (χ0) is 12.3. The minimum Gasteiger partial charge on any atom is -0.550 e. The van der Waals surface area contributed by atoms with Crippen molar-refractivity contribution in [2.24, 2.45) is 0 Å². The zero-order valence-corrected chi connectivity index (χ0v) is 10.9. The standard InChI is InChI=1S/C7H8.2C2H4O2.Pd/c1-7-5-3-2-4-6-7;2*1-2(3)4;/h2-6H,1H3;2*1H3,(H,3,4);/q;;;+2/p-2. The van der Waals surface area contributed by atoms with Crippen LogP contribution in [0.15, 0.2) is 30.3 Å². The van der Waals surface area contributed by atoms with Crippen molar-refractivity contribution in [1.82, 2.24) is 0 Å². The van der Waals surface area contributed by atoms with E-state index in [0.29, 0.717) is 0 Å². The number of carboxylic acid groups (broad SMARTS) is 2. The van der Waals surface area contributed by atoms with E-state index in [1.54, 1.807) is 0 Å². The predicted octanol–water partition coefficient (Wildman–Crippen LogP) is -0.495. The van der Waals surface area contributed by atoms with E-state index < -0.39 is 11.9 Å². The average molecular weight is 317 g/mol. The Labute approximate surface area is 109 Å². The molecule has 0 amide bonds. The molecule has 0 heterocycles. The summed E-state index contributed by atoms with van der Waals surface area (Å²) in [7, 11) is 0. The first-order chi connectivity index (χ1) is 6.86. The van der Waals surface area contributed by atoms with Gasteiger partial charge in [-0.05, 0) is 20.8 Å². The Morgan fingerprint density at radius 3 is 1.31 bits per heavy atom. The second-order valence-corrected chi connectivity index (χ2v) is 2.64. The fourth-order valence-corrected chi connectivity index (χ4v) is 0.534. The molecular weight excluding hydrogens is 303 g/mol. The van der Waals surface area contributed by atoms with Crippen LogP contribution in [0.5, 0.6) is 0 Å². The molecule has 1 rings (SSSR count). The molecule has 1 aromatic rings. The summed E-state index contributed by atoms with van der Waals surface area (Å²) in [6.45, 7) is 4.03. The van der Waals surface area contributed by atoms with E-state index in [-0.39, 0.29) is 20.4 Å². The molecule has 0 aliphatic carbocycles. The Kier molecular flexibility index (Phi) is 17.5. The molecule has 0 fully saturated rings. The van der Waals surface area contributed by atoms with E-state index >= 15 is 0 Å². The number of carbonyl (C=O) groups is 2. The maximum absolute atomic E-state index is 8.89. The fraction of sp³-hybridized carbons (Fsp3) is 0.273. The summed E-state index contributed by atoms with van der Waals surface area (Å²) in [4.78, 5) is 17.8. The van der Waals surface area contributed by atoms with Crippen LogP contribution in [0.1, 0.15) is 19.4 Å². The molecule has 92 valence electrons. The molecule has 4 nitrogen and oxygen atoms in total. The molecule has 0 spiro atoms. The van der Waals surface area contributed by atoms with Gasteiger partial charge in [0.05, 0.1) is 0 Å². The van der Waals surface area contributed by atoms with Crippen LogP contribution in [-0.2, 0) is 30.0 Å². The van der Waals surface area contributed by atoms with Crippen LogP contribution in [0, 0.1) is 6.92 Å². The van der Waals surface area contributed by atoms with Crippen LogP contribution in [-0.4, -0.2) is 11.9 Å². The first-order valence-corrected chi connectivity index (χ1v) is 4.23. The molecule has 0 unspecified atom stereocenters. The largest absolute Gasteiger partial charge is 2.00 e. The molecular formula is C11H14O4Pd. The summed E-state index contributed by atoms with van der Waals surface area (Å²) in [5, 5.41) is 17.8. The Balaban J connectivity index is -0.000000166. The SMILES string of the molecule is CC(=O)[O-].CC(=O)[O-].Cc1ccccc1.[Pd+2]. The van der Waals surface area contributed by atoms with E-state index in [9.17, 15) is 0 Å². The minimum absolute atomic E-state index is 0. The molecule has 5 heteroatoms. The first kappa shape index (κ1) is 20.3. The summed E-state index contributed by atoms with van der Waals surface area (Å²) in [6.07, 6.45) is 0. The Morgan fingerprint density at radius 1 is 0.938 bits per heavy atom. The Morgan fingerprint density at radius 2 is 1.19 bits per heavy atom. The van der Waals surface area contributed by atoms with Gasteiger partial charge in [-0.1, -0.05) is 35.9 Å². The molecule has 0 atom stereocenters. The van der Waals surface area contributed by atoms with Crippen molar-refractivity contribution in [1.29, 1.82) is 0 Å². The minimum atomic E-state index is -1.08. The van der Waals surface area contributed by atoms with Crippen LogP contribution >= 0.6 is 0 Å². The Bertz CT molecular complexity index is 265. The van der Waals surface area contributed by atoms with Gasteiger partial charge in [-0.25, -0.2) is 0 Å². The second-order valence-electron chi connectivity index (χ2n) is 2.64. The Hall–Kier alpha value is -1.18.